The van der Waals surface area contributed by atoms with E-state index in [4.69, 9.17) is 0 Å². The molecule has 0 bridgehead atoms. The SMILES string of the molecule is CC1NC=CCC1CCC(O)Cc1c(O)ccc2cccnc12. The Morgan fingerprint density at radius 3 is 3.04 bits per heavy atom. The Morgan fingerprint density at radius 2 is 2.22 bits per heavy atom. The summed E-state index contributed by atoms with van der Waals surface area (Å²) in [6.45, 7) is 2.18. The molecular weight excluding hydrogens is 288 g/mol. The van der Waals surface area contributed by atoms with Crippen LogP contribution < -0.4 is 5.32 Å². The number of hydrogen-bond acceptors (Lipinski definition) is 4. The predicted molar refractivity (Wildman–Crippen MR) is 92.2 cm³/mol. The first-order valence-corrected chi connectivity index (χ1v) is 8.30. The Balaban J connectivity index is 1.67. The molecule has 1 aliphatic rings. The molecule has 23 heavy (non-hydrogen) atoms. The van der Waals surface area contributed by atoms with Crippen LogP contribution in [0.1, 0.15) is 31.7 Å². The van der Waals surface area contributed by atoms with Crippen LogP contribution in [0.25, 0.3) is 10.9 Å². The molecule has 2 aromatic rings. The van der Waals surface area contributed by atoms with E-state index in [0.29, 0.717) is 18.4 Å². The predicted octanol–water partition coefficient (Wildman–Crippen LogP) is 3.14. The van der Waals surface area contributed by atoms with E-state index in [0.717, 1.165) is 35.7 Å². The van der Waals surface area contributed by atoms with Crippen LogP contribution in [0.5, 0.6) is 5.75 Å². The molecule has 0 amide bonds. The molecule has 3 atom stereocenters. The number of pyridine rings is 1. The third kappa shape index (κ3) is 3.64. The fraction of sp³-hybridized carbons (Fsp3) is 0.421. The Kier molecular flexibility index (Phi) is 4.82. The van der Waals surface area contributed by atoms with Crippen LogP contribution in [-0.4, -0.2) is 27.3 Å². The van der Waals surface area contributed by atoms with E-state index in [-0.39, 0.29) is 5.75 Å². The van der Waals surface area contributed by atoms with Gasteiger partial charge in [-0.05, 0) is 56.5 Å². The van der Waals surface area contributed by atoms with Crippen molar-refractivity contribution in [1.29, 1.82) is 0 Å². The number of nitrogens with zero attached hydrogens (tertiary/aromatic N) is 1. The van der Waals surface area contributed by atoms with Crippen LogP contribution in [0.3, 0.4) is 0 Å². The molecule has 0 radical (unpaired) electrons. The summed E-state index contributed by atoms with van der Waals surface area (Å²) < 4.78 is 0. The molecule has 0 saturated heterocycles. The Morgan fingerprint density at radius 1 is 1.35 bits per heavy atom. The number of benzene rings is 1. The number of phenolic OH excluding ortho intramolecular Hbond substituents is 1. The van der Waals surface area contributed by atoms with Gasteiger partial charge in [0.1, 0.15) is 5.75 Å². The average molecular weight is 312 g/mol. The number of aliphatic hydroxyl groups excluding tert-OH is 1. The van der Waals surface area contributed by atoms with E-state index in [1.165, 1.54) is 0 Å². The number of rotatable bonds is 5. The molecule has 1 aliphatic heterocycles. The molecule has 0 spiro atoms. The lowest BCUT2D eigenvalue weighted by Gasteiger charge is -2.27. The Bertz CT molecular complexity index is 699. The molecule has 2 heterocycles. The molecule has 3 rings (SSSR count). The van der Waals surface area contributed by atoms with Crippen LogP contribution in [0.2, 0.25) is 0 Å². The standard InChI is InChI=1S/C19H24N2O2/c1-13-14(4-2-10-20-13)6-8-16(22)12-17-18(23)9-7-15-5-3-11-21-19(15)17/h2-3,5,7,9-11,13-14,16,20,22-23H,4,6,8,12H2,1H3. The number of aromatic nitrogens is 1. The molecular formula is C19H24N2O2. The van der Waals surface area contributed by atoms with Gasteiger partial charge in [-0.2, -0.15) is 0 Å². The van der Waals surface area contributed by atoms with Crippen molar-refractivity contribution in [2.75, 3.05) is 0 Å². The molecule has 1 aromatic heterocycles. The summed E-state index contributed by atoms with van der Waals surface area (Å²) in [5.41, 5.74) is 1.52. The lowest BCUT2D eigenvalue weighted by Crippen LogP contribution is -2.33. The minimum absolute atomic E-state index is 0.214. The topological polar surface area (TPSA) is 65.4 Å². The number of fused-ring (bicyclic) bond motifs is 1. The minimum Gasteiger partial charge on any atom is -0.508 e. The van der Waals surface area contributed by atoms with Gasteiger partial charge in [-0.15, -0.1) is 0 Å². The van der Waals surface area contributed by atoms with Crippen LogP contribution in [0.15, 0.2) is 42.7 Å². The van der Waals surface area contributed by atoms with Gasteiger partial charge < -0.3 is 15.5 Å². The first-order valence-electron chi connectivity index (χ1n) is 8.30. The van der Waals surface area contributed by atoms with Gasteiger partial charge >= 0.3 is 0 Å². The highest BCUT2D eigenvalue weighted by atomic mass is 16.3. The first kappa shape index (κ1) is 15.8. The van der Waals surface area contributed by atoms with Crippen molar-refractivity contribution in [3.8, 4) is 5.75 Å². The van der Waals surface area contributed by atoms with E-state index >= 15 is 0 Å². The van der Waals surface area contributed by atoms with Crippen LogP contribution in [0.4, 0.5) is 0 Å². The maximum absolute atomic E-state index is 10.4. The van der Waals surface area contributed by atoms with Gasteiger partial charge in [-0.3, -0.25) is 4.98 Å². The van der Waals surface area contributed by atoms with Crippen LogP contribution >= 0.6 is 0 Å². The summed E-state index contributed by atoms with van der Waals surface area (Å²) in [4.78, 5) is 4.37. The maximum atomic E-state index is 10.4. The highest BCUT2D eigenvalue weighted by molar-refractivity contribution is 5.83. The highest BCUT2D eigenvalue weighted by Crippen LogP contribution is 2.28. The number of phenols is 1. The zero-order chi connectivity index (χ0) is 16.2. The summed E-state index contributed by atoms with van der Waals surface area (Å²) in [5, 5.41) is 24.9. The molecule has 0 aliphatic carbocycles. The van der Waals surface area contributed by atoms with Gasteiger partial charge in [-0.1, -0.05) is 12.1 Å². The molecule has 0 fully saturated rings. The van der Waals surface area contributed by atoms with E-state index in [2.05, 4.69) is 23.3 Å². The van der Waals surface area contributed by atoms with Crippen LogP contribution in [-0.2, 0) is 6.42 Å². The monoisotopic (exact) mass is 312 g/mol. The van der Waals surface area contributed by atoms with Crippen molar-refractivity contribution in [2.24, 2.45) is 5.92 Å². The molecule has 4 heteroatoms. The molecule has 3 N–H and O–H groups in total. The van der Waals surface area contributed by atoms with Gasteiger partial charge in [0.15, 0.2) is 0 Å². The molecule has 122 valence electrons. The summed E-state index contributed by atoms with van der Waals surface area (Å²) >= 11 is 0. The zero-order valence-electron chi connectivity index (χ0n) is 13.4. The Labute approximate surface area is 136 Å². The van der Waals surface area contributed by atoms with Crippen LogP contribution in [0, 0.1) is 5.92 Å². The normalized spacial score (nSPS) is 22.0. The van der Waals surface area contributed by atoms with Crippen molar-refractivity contribution >= 4 is 10.9 Å². The molecule has 1 aromatic carbocycles. The second-order valence-corrected chi connectivity index (χ2v) is 6.43. The fourth-order valence-electron chi connectivity index (χ4n) is 3.31. The largest absolute Gasteiger partial charge is 0.508 e. The third-order valence-electron chi connectivity index (χ3n) is 4.79. The van der Waals surface area contributed by atoms with Gasteiger partial charge in [0.25, 0.3) is 0 Å². The summed E-state index contributed by atoms with van der Waals surface area (Å²) in [6, 6.07) is 7.84. The number of allylic oxidation sites excluding steroid dienone is 1. The second kappa shape index (κ2) is 7.01. The second-order valence-electron chi connectivity index (χ2n) is 6.43. The fourth-order valence-corrected chi connectivity index (χ4v) is 3.31. The summed E-state index contributed by atoms with van der Waals surface area (Å²) in [5.74, 6) is 0.764. The maximum Gasteiger partial charge on any atom is 0.121 e. The average Bonchev–Trinajstić information content (AvgIpc) is 2.57. The van der Waals surface area contributed by atoms with Crippen molar-refractivity contribution in [3.05, 3.63) is 48.3 Å². The van der Waals surface area contributed by atoms with Crippen molar-refractivity contribution < 1.29 is 10.2 Å². The lowest BCUT2D eigenvalue weighted by atomic mass is 9.88. The van der Waals surface area contributed by atoms with Gasteiger partial charge in [0.2, 0.25) is 0 Å². The number of nitrogens with one attached hydrogen (secondary N) is 1. The molecule has 0 saturated carbocycles. The summed E-state index contributed by atoms with van der Waals surface area (Å²) in [7, 11) is 0. The van der Waals surface area contributed by atoms with Gasteiger partial charge in [0.05, 0.1) is 11.6 Å². The van der Waals surface area contributed by atoms with Crippen molar-refractivity contribution in [1.82, 2.24) is 10.3 Å². The minimum atomic E-state index is -0.466. The van der Waals surface area contributed by atoms with E-state index in [9.17, 15) is 10.2 Å². The molecule has 3 unspecified atom stereocenters. The van der Waals surface area contributed by atoms with Gasteiger partial charge in [-0.25, -0.2) is 0 Å². The highest BCUT2D eigenvalue weighted by Gasteiger charge is 2.20. The zero-order valence-corrected chi connectivity index (χ0v) is 13.4. The number of hydrogen-bond donors (Lipinski definition) is 3. The smallest absolute Gasteiger partial charge is 0.121 e. The summed E-state index contributed by atoms with van der Waals surface area (Å²) in [6.07, 6.45) is 8.61. The van der Waals surface area contributed by atoms with Crippen molar-refractivity contribution in [2.45, 2.75) is 44.8 Å². The third-order valence-corrected chi connectivity index (χ3v) is 4.79. The first-order chi connectivity index (χ1) is 11.1. The van der Waals surface area contributed by atoms with E-state index < -0.39 is 6.10 Å². The van der Waals surface area contributed by atoms with Crippen molar-refractivity contribution in [3.63, 3.8) is 0 Å². The molecule has 4 nitrogen and oxygen atoms in total. The van der Waals surface area contributed by atoms with Gasteiger partial charge in [0, 0.05) is 29.6 Å². The quantitative estimate of drug-likeness (QED) is 0.793. The van der Waals surface area contributed by atoms with E-state index in [1.807, 2.05) is 24.4 Å². The van der Waals surface area contributed by atoms with E-state index in [1.54, 1.807) is 12.3 Å². The lowest BCUT2D eigenvalue weighted by molar-refractivity contribution is 0.150. The number of aromatic hydroxyl groups is 1. The Hall–Kier alpha value is -2.07. The number of aliphatic hydroxyl groups is 1.